The lowest BCUT2D eigenvalue weighted by Gasteiger charge is -2.39. The van der Waals surface area contributed by atoms with Crippen molar-refractivity contribution in [3.8, 4) is 5.75 Å². The predicted molar refractivity (Wildman–Crippen MR) is 152 cm³/mol. The largest absolute Gasteiger partial charge is 0.494 e. The van der Waals surface area contributed by atoms with Crippen molar-refractivity contribution in [1.82, 2.24) is 4.98 Å². The smallest absolute Gasteiger partial charge is 0.392 e. The summed E-state index contributed by atoms with van der Waals surface area (Å²) < 4.78 is 54.1. The van der Waals surface area contributed by atoms with Crippen LogP contribution in [0.1, 0.15) is 74.6 Å². The van der Waals surface area contributed by atoms with Crippen molar-refractivity contribution in [3.63, 3.8) is 0 Å². The number of piperidine rings is 1. The van der Waals surface area contributed by atoms with Gasteiger partial charge in [0.15, 0.2) is 10.9 Å². The van der Waals surface area contributed by atoms with Crippen molar-refractivity contribution in [2.45, 2.75) is 88.6 Å². The molecule has 3 N–H and O–H groups in total. The van der Waals surface area contributed by atoms with Crippen LogP contribution >= 0.6 is 11.3 Å². The second-order valence-electron chi connectivity index (χ2n) is 12.1. The van der Waals surface area contributed by atoms with E-state index >= 15 is 0 Å². The molecule has 42 heavy (non-hydrogen) atoms. The molecule has 5 atom stereocenters. The van der Waals surface area contributed by atoms with Gasteiger partial charge in [-0.15, -0.1) is 0 Å². The number of halogens is 3. The molecular formula is C30H36F3N3O5S. The maximum Gasteiger partial charge on any atom is 0.392 e. The highest BCUT2D eigenvalue weighted by Gasteiger charge is 2.48. The number of alkyl halides is 3. The Kier molecular flexibility index (Phi) is 7.88. The molecule has 0 radical (unpaired) electrons. The van der Waals surface area contributed by atoms with Gasteiger partial charge < -0.3 is 25.2 Å². The average Bonchev–Trinajstić information content (AvgIpc) is 3.67. The number of hydrogen-bond donors (Lipinski definition) is 2. The van der Waals surface area contributed by atoms with E-state index in [1.807, 2.05) is 0 Å². The molecule has 6 rings (SSSR count). The van der Waals surface area contributed by atoms with E-state index in [2.05, 4.69) is 4.90 Å². The van der Waals surface area contributed by atoms with Gasteiger partial charge in [0, 0.05) is 35.2 Å². The predicted octanol–water partition coefficient (Wildman–Crippen LogP) is 6.08. The van der Waals surface area contributed by atoms with Crippen molar-refractivity contribution in [3.05, 3.63) is 29.0 Å². The van der Waals surface area contributed by atoms with Crippen LogP contribution in [0.5, 0.6) is 5.75 Å². The number of carbonyl (C=O) groups excluding carboxylic acids is 1. The summed E-state index contributed by atoms with van der Waals surface area (Å²) in [6.07, 6.45) is 1.82. The van der Waals surface area contributed by atoms with Crippen LogP contribution in [-0.4, -0.2) is 59.9 Å². The normalized spacial score (nSPS) is 28.6. The van der Waals surface area contributed by atoms with E-state index in [-0.39, 0.29) is 59.8 Å². The van der Waals surface area contributed by atoms with Gasteiger partial charge in [0.05, 0.1) is 36.0 Å². The third kappa shape index (κ3) is 5.59. The number of aromatic nitrogens is 1. The molecule has 12 heteroatoms. The summed E-state index contributed by atoms with van der Waals surface area (Å²) in [6.45, 7) is -0.0529. The fourth-order valence-electron chi connectivity index (χ4n) is 7.16. The second kappa shape index (κ2) is 11.3. The van der Waals surface area contributed by atoms with Crippen LogP contribution < -0.4 is 15.4 Å². The lowest BCUT2D eigenvalue weighted by Crippen LogP contribution is -2.46. The van der Waals surface area contributed by atoms with Crippen LogP contribution in [0.2, 0.25) is 0 Å². The summed E-state index contributed by atoms with van der Waals surface area (Å²) in [6, 6.07) is 3.39. The lowest BCUT2D eigenvalue weighted by molar-refractivity contribution is -0.192. The third-order valence-electron chi connectivity index (χ3n) is 9.47. The minimum atomic E-state index is -4.35. The molecule has 4 fully saturated rings. The van der Waals surface area contributed by atoms with Crippen LogP contribution in [0.4, 0.5) is 18.3 Å². The Bertz CT molecular complexity index is 1390. The summed E-state index contributed by atoms with van der Waals surface area (Å²) in [7, 11) is 1.49. The molecule has 8 nitrogen and oxygen atoms in total. The van der Waals surface area contributed by atoms with E-state index in [9.17, 15) is 27.9 Å². The first kappa shape index (κ1) is 29.2. The van der Waals surface area contributed by atoms with Crippen LogP contribution in [0.25, 0.3) is 10.2 Å². The molecule has 2 bridgehead atoms. The Morgan fingerprint density at radius 1 is 1.10 bits per heavy atom. The Morgan fingerprint density at radius 3 is 2.40 bits per heavy atom. The van der Waals surface area contributed by atoms with Gasteiger partial charge in [-0.05, 0) is 63.5 Å². The number of thiazole rings is 1. The van der Waals surface area contributed by atoms with Crippen LogP contribution in [0, 0.1) is 17.8 Å². The van der Waals surface area contributed by atoms with Gasteiger partial charge in [-0.2, -0.15) is 13.2 Å². The first-order chi connectivity index (χ1) is 20.0. The molecule has 2 saturated heterocycles. The zero-order valence-electron chi connectivity index (χ0n) is 23.5. The molecule has 4 aliphatic rings. The third-order valence-corrected chi connectivity index (χ3v) is 10.5. The molecule has 2 aliphatic heterocycles. The van der Waals surface area contributed by atoms with Crippen LogP contribution in [0.3, 0.4) is 0 Å². The van der Waals surface area contributed by atoms with E-state index in [0.717, 1.165) is 35.5 Å². The molecule has 0 amide bonds. The van der Waals surface area contributed by atoms with E-state index < -0.39 is 24.0 Å². The summed E-state index contributed by atoms with van der Waals surface area (Å²) >= 11 is 1.44. The molecular weight excluding hydrogens is 571 g/mol. The zero-order valence-corrected chi connectivity index (χ0v) is 24.3. The molecule has 1 aromatic heterocycles. The molecule has 2 saturated carbocycles. The summed E-state index contributed by atoms with van der Waals surface area (Å²) in [5, 5.41) is 10.3. The number of benzene rings is 1. The number of ketones is 1. The number of nitrogens with two attached hydrogens (primary N) is 1. The van der Waals surface area contributed by atoms with Gasteiger partial charge >= 0.3 is 12.1 Å². The average molecular weight is 608 g/mol. The number of carboxylic acids is 1. The number of nitrogens with zero attached hydrogens (tertiary/aromatic N) is 2. The quantitative estimate of drug-likeness (QED) is 0.330. The van der Waals surface area contributed by atoms with Gasteiger partial charge in [0.1, 0.15) is 11.3 Å². The number of fused-ring (bicyclic) bond motifs is 3. The van der Waals surface area contributed by atoms with Crippen molar-refractivity contribution >= 4 is 38.4 Å². The summed E-state index contributed by atoms with van der Waals surface area (Å²) in [4.78, 5) is 31.9. The Balaban J connectivity index is 1.19. The topological polar surface area (TPSA) is 115 Å². The maximum absolute atomic E-state index is 13.9. The second-order valence-corrected chi connectivity index (χ2v) is 13.1. The number of carboxylic acid groups (broad SMARTS) is 1. The Morgan fingerprint density at radius 2 is 1.79 bits per heavy atom. The minimum absolute atomic E-state index is 0.0394. The number of ether oxygens (including phenoxy) is 2. The lowest BCUT2D eigenvalue weighted by atomic mass is 9.75. The Hall–Kier alpha value is -2.86. The molecule has 3 heterocycles. The molecule has 0 spiro atoms. The van der Waals surface area contributed by atoms with Gasteiger partial charge in [0.2, 0.25) is 0 Å². The number of hydrogen-bond acceptors (Lipinski definition) is 8. The zero-order chi connectivity index (χ0) is 29.8. The SMILES string of the molecule is COc1cc(C(=O)O)cc2sc(N3C4CC[C@H]3CC(OCC(C(=O)C3CC3)=C(N)C3CCCCC3C(F)(F)F)C4)nc12. The van der Waals surface area contributed by atoms with E-state index in [1.165, 1.54) is 24.5 Å². The van der Waals surface area contributed by atoms with Gasteiger partial charge in [0.25, 0.3) is 0 Å². The highest BCUT2D eigenvalue weighted by molar-refractivity contribution is 7.22. The monoisotopic (exact) mass is 607 g/mol. The highest BCUT2D eigenvalue weighted by Crippen LogP contribution is 2.46. The molecule has 4 unspecified atom stereocenters. The van der Waals surface area contributed by atoms with Crippen LogP contribution in [-0.2, 0) is 9.53 Å². The van der Waals surface area contributed by atoms with Gasteiger partial charge in [-0.3, -0.25) is 4.79 Å². The number of Topliss-reactive ketones (excluding diaryl/α,β-unsaturated/α-hetero) is 1. The van der Waals surface area contributed by atoms with E-state index in [4.69, 9.17) is 20.2 Å². The molecule has 1 aromatic carbocycles. The van der Waals surface area contributed by atoms with Gasteiger partial charge in [-0.25, -0.2) is 9.78 Å². The number of methoxy groups -OCH3 is 1. The van der Waals surface area contributed by atoms with E-state index in [1.54, 1.807) is 6.07 Å². The number of carbonyl (C=O) groups is 2. The number of anilines is 1. The minimum Gasteiger partial charge on any atom is -0.494 e. The van der Waals surface area contributed by atoms with Crippen molar-refractivity contribution < 1.29 is 37.3 Å². The fourth-order valence-corrected chi connectivity index (χ4v) is 8.33. The van der Waals surface area contributed by atoms with Gasteiger partial charge in [-0.1, -0.05) is 24.2 Å². The summed E-state index contributed by atoms with van der Waals surface area (Å²) in [5.41, 5.74) is 7.54. The van der Waals surface area contributed by atoms with Crippen molar-refractivity contribution in [2.75, 3.05) is 18.6 Å². The molecule has 2 aromatic rings. The highest BCUT2D eigenvalue weighted by atomic mass is 32.1. The number of allylic oxidation sites excluding steroid dienone is 1. The first-order valence-electron chi connectivity index (χ1n) is 14.8. The van der Waals surface area contributed by atoms with Crippen molar-refractivity contribution in [2.24, 2.45) is 23.5 Å². The first-order valence-corrected chi connectivity index (χ1v) is 15.6. The summed E-state index contributed by atoms with van der Waals surface area (Å²) in [5.74, 6) is -3.33. The fraction of sp³-hybridized carbons (Fsp3) is 0.633. The van der Waals surface area contributed by atoms with Crippen LogP contribution in [0.15, 0.2) is 23.4 Å². The molecule has 2 aliphatic carbocycles. The number of aromatic carboxylic acids is 1. The standard InChI is InChI=1S/C30H36F3N3O5S/c1-40-23-10-16(28(38)39)11-24-26(23)35-29(42-24)36-17-8-9-18(36)13-19(12-17)41-14-21(27(37)15-6-7-15)25(34)20-4-2-3-5-22(20)30(31,32)33/h10-11,15,17-20,22H,2-9,12-14,34H2,1H3,(H,38,39)/t17-,18?,19?,20?,22?/m0/s1. The van der Waals surface area contributed by atoms with E-state index in [0.29, 0.717) is 43.4 Å². The van der Waals surface area contributed by atoms with Crippen molar-refractivity contribution in [1.29, 1.82) is 0 Å². The number of rotatable bonds is 9. The molecule has 228 valence electrons. The Labute approximate surface area is 246 Å². The maximum atomic E-state index is 13.9.